The molecule has 66 heavy (non-hydrogen) atoms. The van der Waals surface area contributed by atoms with Gasteiger partial charge in [-0.05, 0) is 155 Å². The first-order valence-corrected chi connectivity index (χ1v) is 23.8. The lowest BCUT2D eigenvalue weighted by Gasteiger charge is -1.99. The topological polar surface area (TPSA) is 224 Å². The molecule has 0 saturated carbocycles. The first-order chi connectivity index (χ1) is 30.7. The van der Waals surface area contributed by atoms with Crippen molar-refractivity contribution in [1.29, 1.82) is 0 Å². The van der Waals surface area contributed by atoms with E-state index in [4.69, 9.17) is 100 Å². The predicted octanol–water partition coefficient (Wildman–Crippen LogP) is 16.8. The number of aromatic carboxylic acids is 6. The van der Waals surface area contributed by atoms with E-state index in [9.17, 15) is 28.8 Å². The van der Waals surface area contributed by atoms with Crippen LogP contribution < -0.4 is 0 Å². The van der Waals surface area contributed by atoms with Gasteiger partial charge in [0, 0.05) is 32.4 Å². The number of hydrogen-bond acceptors (Lipinski definition) is 6. The summed E-state index contributed by atoms with van der Waals surface area (Å²) in [6.07, 6.45) is 0. The molecule has 0 aliphatic heterocycles. The Hall–Kier alpha value is -3.24. The lowest BCUT2D eigenvalue weighted by Crippen LogP contribution is -1.98. The van der Waals surface area contributed by atoms with E-state index in [1.165, 1.54) is 54.6 Å². The van der Waals surface area contributed by atoms with E-state index in [-0.39, 0.29) is 48.4 Å². The van der Waals surface area contributed by atoms with Gasteiger partial charge in [-0.15, -0.1) is 0 Å². The van der Waals surface area contributed by atoms with Crippen molar-refractivity contribution in [2.24, 2.45) is 0 Å². The average Bonchev–Trinajstić information content (AvgIpc) is 3.21. The molecule has 6 N–H and O–H groups in total. The predicted molar refractivity (Wildman–Crippen MR) is 277 cm³/mol. The molecule has 0 atom stereocenters. The maximum atomic E-state index is 10.5. The quantitative estimate of drug-likeness (QED) is 0.0916. The maximum absolute atomic E-state index is 10.5. The van der Waals surface area contributed by atoms with Crippen molar-refractivity contribution in [2.75, 3.05) is 0 Å². The monoisotopic (exact) mass is 1400 g/mol. The van der Waals surface area contributed by atoms with Crippen LogP contribution in [0.5, 0.6) is 0 Å². The van der Waals surface area contributed by atoms with Crippen molar-refractivity contribution >= 4 is 201 Å². The van der Waals surface area contributed by atoms with Crippen LogP contribution in [0, 0.1) is 0 Å². The lowest BCUT2D eigenvalue weighted by molar-refractivity contribution is 0.0685. The molecule has 0 aliphatic carbocycles. The summed E-state index contributed by atoms with van der Waals surface area (Å²) in [5.74, 6) is -5.99. The Morgan fingerprint density at radius 3 is 1.32 bits per heavy atom. The third-order valence-electron chi connectivity index (χ3n) is 6.97. The minimum Gasteiger partial charge on any atom is -0.478 e. The third kappa shape index (κ3) is 21.4. The van der Waals surface area contributed by atoms with Crippen LogP contribution in [-0.4, -0.2) is 66.5 Å². The highest BCUT2D eigenvalue weighted by molar-refractivity contribution is 9.11. The lowest BCUT2D eigenvalue weighted by atomic mass is 10.2. The second-order valence-electron chi connectivity index (χ2n) is 11.5. The van der Waals surface area contributed by atoms with Gasteiger partial charge in [-0.25, -0.2) is 28.8 Å². The average molecular weight is 1410 g/mol. The first-order valence-electron chi connectivity index (χ1n) is 16.8. The molecule has 348 valence electrons. The zero-order valence-corrected chi connectivity index (χ0v) is 46.1. The van der Waals surface area contributed by atoms with E-state index in [1.807, 2.05) is 0 Å². The molecule has 0 aromatic heterocycles. The van der Waals surface area contributed by atoms with Crippen molar-refractivity contribution in [3.8, 4) is 0 Å². The Morgan fingerprint density at radius 2 is 0.879 bits per heavy atom. The number of hydrogen-bond donors (Lipinski definition) is 6. The number of rotatable bonds is 6. The van der Waals surface area contributed by atoms with E-state index < -0.39 is 35.8 Å². The van der Waals surface area contributed by atoms with E-state index in [0.29, 0.717) is 41.9 Å². The van der Waals surface area contributed by atoms with Gasteiger partial charge in [0.15, 0.2) is 0 Å². The van der Waals surface area contributed by atoms with Crippen LogP contribution >= 0.6 is 165 Å². The molecule has 6 aromatic rings. The van der Waals surface area contributed by atoms with Gasteiger partial charge in [0.2, 0.25) is 0 Å². The molecule has 12 nitrogen and oxygen atoms in total. The van der Waals surface area contributed by atoms with E-state index in [1.54, 1.807) is 54.6 Å². The molecule has 6 aromatic carbocycles. The van der Waals surface area contributed by atoms with Gasteiger partial charge in [-0.2, -0.15) is 0 Å². The summed E-state index contributed by atoms with van der Waals surface area (Å²) in [5.41, 5.74) is 0.910. The molecule has 0 radical (unpaired) electrons. The summed E-state index contributed by atoms with van der Waals surface area (Å²) in [6, 6.07) is 28.1. The largest absolute Gasteiger partial charge is 0.478 e. The van der Waals surface area contributed by atoms with Gasteiger partial charge < -0.3 is 30.6 Å². The van der Waals surface area contributed by atoms with Crippen LogP contribution in [0.3, 0.4) is 0 Å². The maximum Gasteiger partial charge on any atom is 0.338 e. The molecule has 24 heteroatoms. The number of benzene rings is 6. The summed E-state index contributed by atoms with van der Waals surface area (Å²) in [6.45, 7) is 0. The Bertz CT molecular complexity index is 2630. The van der Waals surface area contributed by atoms with Crippen molar-refractivity contribution in [1.82, 2.24) is 0 Å². The van der Waals surface area contributed by atoms with Gasteiger partial charge in [0.05, 0.1) is 57.9 Å². The molecule has 0 fully saturated rings. The highest BCUT2D eigenvalue weighted by Crippen LogP contribution is 2.28. The van der Waals surface area contributed by atoms with Gasteiger partial charge >= 0.3 is 35.8 Å². The highest BCUT2D eigenvalue weighted by Gasteiger charge is 2.13. The second-order valence-corrected chi connectivity index (χ2v) is 19.2. The minimum atomic E-state index is -1.03. The summed E-state index contributed by atoms with van der Waals surface area (Å²) in [5, 5.41) is 53.6. The van der Waals surface area contributed by atoms with Crippen molar-refractivity contribution in [2.45, 2.75) is 0 Å². The first kappa shape index (κ1) is 60.8. The number of halogens is 12. The van der Waals surface area contributed by atoms with Crippen LogP contribution in [0.2, 0.25) is 30.1 Å². The van der Waals surface area contributed by atoms with E-state index in [2.05, 4.69) is 95.6 Å². The van der Waals surface area contributed by atoms with Crippen molar-refractivity contribution in [3.05, 3.63) is 200 Å². The molecule has 0 amide bonds. The van der Waals surface area contributed by atoms with Crippen LogP contribution in [0.25, 0.3) is 0 Å². The molecule has 0 aliphatic rings. The fourth-order valence-electron chi connectivity index (χ4n) is 4.04. The molecule has 0 saturated heterocycles. The van der Waals surface area contributed by atoms with Crippen molar-refractivity contribution < 1.29 is 59.4 Å². The van der Waals surface area contributed by atoms with Gasteiger partial charge in [0.25, 0.3) is 0 Å². The standard InChI is InChI=1S/6C7H4BrClO2/c8-5-1-4(7(10)11)2-6(9)3-5;8-4-1-2-6(9)5(3-4)7(10)11;8-6-3-4(9)1-2-5(6)7(10)11;8-4-2-1-3-5(9)6(4)7(10)11;8-6-4(7(10)11)2-1-3-5(6)9;8-5-3-1-2-4(6(5)9)7(10)11/h6*1-3H,(H,10,11). The number of carbonyl (C=O) groups is 6. The second kappa shape index (κ2) is 30.3. The third-order valence-corrected chi connectivity index (χ3v) is 13.0. The van der Waals surface area contributed by atoms with E-state index in [0.717, 1.165) is 0 Å². The molecule has 0 bridgehead atoms. The van der Waals surface area contributed by atoms with Crippen LogP contribution in [0.4, 0.5) is 0 Å². The molecular weight excluding hydrogens is 1390 g/mol. The molecule has 6 rings (SSSR count). The fourth-order valence-corrected chi connectivity index (χ4v) is 8.40. The normalized spacial score (nSPS) is 9.64. The summed E-state index contributed by atoms with van der Waals surface area (Å²) in [7, 11) is 0. The Balaban J connectivity index is 0.000000396. The highest BCUT2D eigenvalue weighted by atomic mass is 79.9. The van der Waals surface area contributed by atoms with Crippen LogP contribution in [0.1, 0.15) is 62.1 Å². The Labute approximate surface area is 455 Å². The molecule has 0 spiro atoms. The number of carboxylic acid groups (broad SMARTS) is 6. The molecular formula is C42H24Br6Cl6O12. The fraction of sp³-hybridized carbons (Fsp3) is 0. The van der Waals surface area contributed by atoms with Crippen LogP contribution in [0.15, 0.2) is 136 Å². The summed E-state index contributed by atoms with van der Waals surface area (Å²) >= 11 is 52.3. The van der Waals surface area contributed by atoms with Crippen LogP contribution in [-0.2, 0) is 0 Å². The zero-order valence-electron chi connectivity index (χ0n) is 32.1. The molecule has 0 unspecified atom stereocenters. The van der Waals surface area contributed by atoms with Gasteiger partial charge in [0.1, 0.15) is 0 Å². The Kier molecular flexibility index (Phi) is 27.9. The smallest absolute Gasteiger partial charge is 0.338 e. The van der Waals surface area contributed by atoms with Gasteiger partial charge in [-0.3, -0.25) is 0 Å². The zero-order chi connectivity index (χ0) is 50.6. The summed E-state index contributed by atoms with van der Waals surface area (Å²) in [4.78, 5) is 62.8. The summed E-state index contributed by atoms with van der Waals surface area (Å²) < 4.78 is 3.39. The van der Waals surface area contributed by atoms with E-state index >= 15 is 0 Å². The minimum absolute atomic E-state index is 0.106. The SMILES string of the molecule is O=C(O)c1c(Cl)cccc1Br.O=C(O)c1cc(Br)ccc1Cl.O=C(O)c1cc(Cl)cc(Br)c1.O=C(O)c1ccc(Cl)cc1Br.O=C(O)c1cccc(Br)c1Cl.O=C(O)c1cccc(Cl)c1Br. The molecule has 0 heterocycles. The number of carboxylic acids is 6. The Morgan fingerprint density at radius 1 is 0.364 bits per heavy atom. The van der Waals surface area contributed by atoms with Gasteiger partial charge in [-0.1, -0.05) is 120 Å². The van der Waals surface area contributed by atoms with Crippen molar-refractivity contribution in [3.63, 3.8) is 0 Å².